The molecule has 0 aromatic carbocycles. The number of aliphatic hydroxyl groups excluding tert-OH is 2. The van der Waals surface area contributed by atoms with Gasteiger partial charge in [-0.15, -0.1) is 0 Å². The fourth-order valence-electron chi connectivity index (χ4n) is 1.50. The monoisotopic (exact) mass is 233 g/mol. The van der Waals surface area contributed by atoms with E-state index in [1.54, 1.807) is 0 Å². The van der Waals surface area contributed by atoms with Crippen LogP contribution >= 0.6 is 0 Å². The SMILES string of the molecule is CC(=O)N[C@H]1C(=N)O[C@H](CO)[C@@H](O)[C@]1(N)O. The molecule has 1 aliphatic rings. The molecule has 1 rings (SSSR count). The Hall–Kier alpha value is -1.22. The van der Waals surface area contributed by atoms with Crippen LogP contribution in [0, 0.1) is 5.41 Å². The smallest absolute Gasteiger partial charge is 0.217 e. The van der Waals surface area contributed by atoms with Crippen LogP contribution in [0.5, 0.6) is 0 Å². The maximum Gasteiger partial charge on any atom is 0.217 e. The summed E-state index contributed by atoms with van der Waals surface area (Å²) in [6.45, 7) is 0.573. The molecule has 0 bridgehead atoms. The standard InChI is InChI=1S/C8H15N3O5/c1-3(13)11-5-7(9)16-4(2-12)6(14)8(5,10)15/h4-6,9,12,14-15H,2,10H2,1H3,(H,11,13)/t4-,5+,6-,8-/m1/s1. The van der Waals surface area contributed by atoms with Gasteiger partial charge in [-0.2, -0.15) is 0 Å². The van der Waals surface area contributed by atoms with Crippen LogP contribution in [0.2, 0.25) is 0 Å². The highest BCUT2D eigenvalue weighted by atomic mass is 16.5. The summed E-state index contributed by atoms with van der Waals surface area (Å²) >= 11 is 0. The zero-order valence-corrected chi connectivity index (χ0v) is 8.67. The summed E-state index contributed by atoms with van der Waals surface area (Å²) in [4.78, 5) is 10.8. The molecule has 8 nitrogen and oxygen atoms in total. The number of carbonyl (C=O) groups excluding carboxylic acids is 1. The van der Waals surface area contributed by atoms with Crippen LogP contribution in [0.4, 0.5) is 0 Å². The first-order valence-corrected chi connectivity index (χ1v) is 4.63. The second-order valence-corrected chi connectivity index (χ2v) is 3.67. The predicted molar refractivity (Wildman–Crippen MR) is 52.4 cm³/mol. The minimum absolute atomic E-state index is 0.510. The summed E-state index contributed by atoms with van der Waals surface area (Å²) < 4.78 is 4.83. The third-order valence-electron chi connectivity index (χ3n) is 2.36. The van der Waals surface area contributed by atoms with E-state index >= 15 is 0 Å². The van der Waals surface area contributed by atoms with E-state index in [9.17, 15) is 15.0 Å². The van der Waals surface area contributed by atoms with Crippen molar-refractivity contribution in [3.05, 3.63) is 0 Å². The Kier molecular flexibility index (Phi) is 3.48. The van der Waals surface area contributed by atoms with E-state index in [-0.39, 0.29) is 0 Å². The molecule has 4 atom stereocenters. The molecule has 1 saturated heterocycles. The van der Waals surface area contributed by atoms with Gasteiger partial charge in [-0.05, 0) is 0 Å². The molecular formula is C8H15N3O5. The lowest BCUT2D eigenvalue weighted by atomic mass is 9.91. The molecule has 0 aromatic heterocycles. The van der Waals surface area contributed by atoms with Gasteiger partial charge in [-0.3, -0.25) is 15.9 Å². The Balaban J connectivity index is 2.93. The van der Waals surface area contributed by atoms with Gasteiger partial charge >= 0.3 is 0 Å². The van der Waals surface area contributed by atoms with Crippen LogP contribution in [0.3, 0.4) is 0 Å². The lowest BCUT2D eigenvalue weighted by molar-refractivity contribution is -0.162. The minimum atomic E-state index is -2.26. The topological polar surface area (TPSA) is 149 Å². The molecule has 7 N–H and O–H groups in total. The zero-order chi connectivity index (χ0) is 12.5. The van der Waals surface area contributed by atoms with Gasteiger partial charge in [0.1, 0.15) is 12.1 Å². The van der Waals surface area contributed by atoms with Crippen LogP contribution in [-0.4, -0.2) is 57.7 Å². The maximum atomic E-state index is 10.8. The zero-order valence-electron chi connectivity index (χ0n) is 8.67. The van der Waals surface area contributed by atoms with Crippen molar-refractivity contribution in [3.63, 3.8) is 0 Å². The lowest BCUT2D eigenvalue weighted by Gasteiger charge is -2.43. The van der Waals surface area contributed by atoms with Gasteiger partial charge < -0.3 is 25.4 Å². The van der Waals surface area contributed by atoms with Crippen molar-refractivity contribution >= 4 is 11.8 Å². The first-order chi connectivity index (χ1) is 7.30. The van der Waals surface area contributed by atoms with Gasteiger partial charge in [0.25, 0.3) is 0 Å². The lowest BCUT2D eigenvalue weighted by Crippen LogP contribution is -2.74. The number of hydrogen-bond acceptors (Lipinski definition) is 7. The molecule has 0 aliphatic carbocycles. The van der Waals surface area contributed by atoms with E-state index in [1.807, 2.05) is 0 Å². The molecule has 0 spiro atoms. The van der Waals surface area contributed by atoms with E-state index in [4.69, 9.17) is 21.0 Å². The van der Waals surface area contributed by atoms with Crippen LogP contribution in [0.1, 0.15) is 6.92 Å². The molecule has 0 unspecified atom stereocenters. The average molecular weight is 233 g/mol. The average Bonchev–Trinajstić information content (AvgIpc) is 2.18. The Labute approximate surface area is 91.5 Å². The molecule has 92 valence electrons. The number of aliphatic hydroxyl groups is 3. The van der Waals surface area contributed by atoms with E-state index in [1.165, 1.54) is 6.92 Å². The van der Waals surface area contributed by atoms with Gasteiger partial charge in [-0.25, -0.2) is 0 Å². The second-order valence-electron chi connectivity index (χ2n) is 3.67. The number of amides is 1. The van der Waals surface area contributed by atoms with E-state index < -0.39 is 42.4 Å². The summed E-state index contributed by atoms with van der Waals surface area (Å²) in [6.07, 6.45) is -2.80. The van der Waals surface area contributed by atoms with E-state index in [0.29, 0.717) is 0 Å². The number of rotatable bonds is 2. The van der Waals surface area contributed by atoms with Crippen LogP contribution in [-0.2, 0) is 9.53 Å². The van der Waals surface area contributed by atoms with Gasteiger partial charge in [0.05, 0.1) is 6.61 Å². The molecule has 1 aliphatic heterocycles. The Morgan fingerprint density at radius 3 is 2.75 bits per heavy atom. The Morgan fingerprint density at radius 1 is 1.75 bits per heavy atom. The first kappa shape index (κ1) is 12.8. The third-order valence-corrected chi connectivity index (χ3v) is 2.36. The van der Waals surface area contributed by atoms with Gasteiger partial charge in [0, 0.05) is 6.92 Å². The largest absolute Gasteiger partial charge is 0.471 e. The molecule has 1 heterocycles. The number of nitrogens with one attached hydrogen (secondary N) is 2. The van der Waals surface area contributed by atoms with Crippen molar-refractivity contribution in [1.82, 2.24) is 5.32 Å². The van der Waals surface area contributed by atoms with Crippen molar-refractivity contribution in [1.29, 1.82) is 5.41 Å². The van der Waals surface area contributed by atoms with Crippen molar-refractivity contribution in [2.24, 2.45) is 5.73 Å². The van der Waals surface area contributed by atoms with Crippen molar-refractivity contribution < 1.29 is 24.9 Å². The number of ether oxygens (including phenoxy) is 1. The summed E-state index contributed by atoms with van der Waals surface area (Å²) in [7, 11) is 0. The highest BCUT2D eigenvalue weighted by Crippen LogP contribution is 2.22. The number of nitrogens with two attached hydrogens (primary N) is 1. The molecule has 0 radical (unpaired) electrons. The van der Waals surface area contributed by atoms with Gasteiger partial charge in [0.2, 0.25) is 11.8 Å². The Bertz CT molecular complexity index is 306. The van der Waals surface area contributed by atoms with Gasteiger partial charge in [-0.1, -0.05) is 0 Å². The summed E-state index contributed by atoms with van der Waals surface area (Å²) in [5.74, 6) is -1.04. The second kappa shape index (κ2) is 4.34. The molecule has 16 heavy (non-hydrogen) atoms. The van der Waals surface area contributed by atoms with E-state index in [2.05, 4.69) is 5.32 Å². The highest BCUT2D eigenvalue weighted by molar-refractivity contribution is 5.87. The fraction of sp³-hybridized carbons (Fsp3) is 0.750. The van der Waals surface area contributed by atoms with Crippen molar-refractivity contribution in [2.75, 3.05) is 6.61 Å². The van der Waals surface area contributed by atoms with Crippen LogP contribution in [0.25, 0.3) is 0 Å². The highest BCUT2D eigenvalue weighted by Gasteiger charge is 2.52. The Morgan fingerprint density at radius 2 is 2.31 bits per heavy atom. The molecule has 1 amide bonds. The third kappa shape index (κ3) is 2.14. The molecule has 8 heteroatoms. The van der Waals surface area contributed by atoms with Crippen LogP contribution in [0.15, 0.2) is 0 Å². The normalized spacial score (nSPS) is 39.1. The number of carbonyl (C=O) groups is 1. The fourth-order valence-corrected chi connectivity index (χ4v) is 1.50. The molecular weight excluding hydrogens is 218 g/mol. The number of hydrogen-bond donors (Lipinski definition) is 6. The van der Waals surface area contributed by atoms with Crippen LogP contribution < -0.4 is 11.1 Å². The summed E-state index contributed by atoms with van der Waals surface area (Å²) in [6, 6.07) is -1.34. The maximum absolute atomic E-state index is 10.8. The first-order valence-electron chi connectivity index (χ1n) is 4.63. The van der Waals surface area contributed by atoms with E-state index in [0.717, 1.165) is 0 Å². The summed E-state index contributed by atoms with van der Waals surface area (Å²) in [5, 5.41) is 37.8. The van der Waals surface area contributed by atoms with Gasteiger partial charge in [0.15, 0.2) is 11.8 Å². The molecule has 1 fully saturated rings. The summed E-state index contributed by atoms with van der Waals surface area (Å²) in [5.41, 5.74) is 3.17. The quantitative estimate of drug-likeness (QED) is 0.278. The molecule has 0 aromatic rings. The predicted octanol–water partition coefficient (Wildman–Crippen LogP) is -3.13. The minimum Gasteiger partial charge on any atom is -0.471 e. The molecule has 0 saturated carbocycles. The van der Waals surface area contributed by atoms with Crippen molar-refractivity contribution in [3.8, 4) is 0 Å². The van der Waals surface area contributed by atoms with Crippen molar-refractivity contribution in [2.45, 2.75) is 30.9 Å².